The number of carbonyl (C=O) groups is 2. The molecule has 1 aromatic rings. The Hall–Kier alpha value is -2.14. The fraction of sp³-hybridized carbons (Fsp3) is 0.333. The van der Waals surface area contributed by atoms with E-state index in [2.05, 4.69) is 5.32 Å². The molecule has 0 bridgehead atoms. The first-order valence-electron chi connectivity index (χ1n) is 6.57. The largest absolute Gasteiger partial charge is 0.497 e. The van der Waals surface area contributed by atoms with Crippen molar-refractivity contribution < 1.29 is 14.3 Å². The number of rotatable bonds is 4. The van der Waals surface area contributed by atoms with Gasteiger partial charge in [-0.05, 0) is 30.3 Å². The molecule has 5 heteroatoms. The molecule has 1 N–H and O–H groups in total. The van der Waals surface area contributed by atoms with Gasteiger partial charge in [0, 0.05) is 37.8 Å². The number of piperazine rings is 1. The molecule has 0 radical (unpaired) electrons. The first kappa shape index (κ1) is 14.3. The number of carbonyl (C=O) groups excluding carboxylic acids is 2. The predicted octanol–water partition coefficient (Wildman–Crippen LogP) is 0.866. The lowest BCUT2D eigenvalue weighted by molar-refractivity contribution is -0.126. The molecule has 1 aliphatic rings. The number of amides is 1. The fourth-order valence-electron chi connectivity index (χ4n) is 1.99. The van der Waals surface area contributed by atoms with E-state index in [1.807, 2.05) is 0 Å². The van der Waals surface area contributed by atoms with E-state index in [0.29, 0.717) is 24.4 Å². The number of methoxy groups -OCH3 is 1. The molecule has 2 rings (SSSR count). The van der Waals surface area contributed by atoms with Gasteiger partial charge >= 0.3 is 0 Å². The van der Waals surface area contributed by atoms with Crippen LogP contribution in [0.25, 0.3) is 0 Å². The minimum Gasteiger partial charge on any atom is -0.497 e. The van der Waals surface area contributed by atoms with Crippen LogP contribution in [0.5, 0.6) is 5.75 Å². The molecule has 0 spiro atoms. The Morgan fingerprint density at radius 3 is 2.40 bits per heavy atom. The van der Waals surface area contributed by atoms with Gasteiger partial charge < -0.3 is 15.0 Å². The van der Waals surface area contributed by atoms with Gasteiger partial charge in [0.25, 0.3) is 0 Å². The van der Waals surface area contributed by atoms with Crippen molar-refractivity contribution in [3.05, 3.63) is 42.0 Å². The predicted molar refractivity (Wildman–Crippen MR) is 75.9 cm³/mol. The van der Waals surface area contributed by atoms with Gasteiger partial charge in [-0.1, -0.05) is 0 Å². The summed E-state index contributed by atoms with van der Waals surface area (Å²) < 4.78 is 5.03. The summed E-state index contributed by atoms with van der Waals surface area (Å²) in [6.45, 7) is 2.96. The lowest BCUT2D eigenvalue weighted by Crippen LogP contribution is -2.45. The third-order valence-corrected chi connectivity index (χ3v) is 3.18. The van der Waals surface area contributed by atoms with Crippen molar-refractivity contribution in [1.29, 1.82) is 0 Å². The van der Waals surface area contributed by atoms with Crippen LogP contribution in [0.1, 0.15) is 10.4 Å². The summed E-state index contributed by atoms with van der Waals surface area (Å²) in [4.78, 5) is 25.5. The van der Waals surface area contributed by atoms with E-state index in [0.717, 1.165) is 13.1 Å². The number of hydrogen-bond donors (Lipinski definition) is 1. The van der Waals surface area contributed by atoms with Crippen molar-refractivity contribution in [2.75, 3.05) is 33.3 Å². The van der Waals surface area contributed by atoms with Crippen molar-refractivity contribution >= 4 is 11.7 Å². The first-order valence-corrected chi connectivity index (χ1v) is 6.57. The molecule has 0 aliphatic carbocycles. The van der Waals surface area contributed by atoms with Gasteiger partial charge in [0.15, 0.2) is 5.78 Å². The third kappa shape index (κ3) is 3.68. The van der Waals surface area contributed by atoms with Gasteiger partial charge in [0.1, 0.15) is 5.75 Å². The Balaban J connectivity index is 1.95. The van der Waals surface area contributed by atoms with Crippen LogP contribution in [-0.2, 0) is 4.79 Å². The zero-order chi connectivity index (χ0) is 14.4. The topological polar surface area (TPSA) is 58.6 Å². The molecule has 0 saturated carbocycles. The number of ketones is 1. The van der Waals surface area contributed by atoms with Gasteiger partial charge in [-0.3, -0.25) is 9.59 Å². The first-order chi connectivity index (χ1) is 9.70. The van der Waals surface area contributed by atoms with E-state index >= 15 is 0 Å². The van der Waals surface area contributed by atoms with E-state index in [-0.39, 0.29) is 11.7 Å². The average Bonchev–Trinajstić information content (AvgIpc) is 2.53. The number of benzene rings is 1. The molecule has 1 aromatic carbocycles. The molecule has 0 atom stereocenters. The molecule has 1 amide bonds. The normalized spacial score (nSPS) is 15.3. The fourth-order valence-corrected chi connectivity index (χ4v) is 1.99. The van der Waals surface area contributed by atoms with Gasteiger partial charge in [0.2, 0.25) is 5.91 Å². The number of allylic oxidation sites excluding steroid dienone is 1. The molecular weight excluding hydrogens is 256 g/mol. The highest BCUT2D eigenvalue weighted by Crippen LogP contribution is 2.12. The van der Waals surface area contributed by atoms with Crippen LogP contribution >= 0.6 is 0 Å². The number of ether oxygens (including phenoxy) is 1. The van der Waals surface area contributed by atoms with Gasteiger partial charge in [0.05, 0.1) is 7.11 Å². The maximum absolute atomic E-state index is 11.9. The molecule has 1 saturated heterocycles. The highest BCUT2D eigenvalue weighted by molar-refractivity contribution is 6.07. The van der Waals surface area contributed by atoms with Gasteiger partial charge in [-0.25, -0.2) is 0 Å². The van der Waals surface area contributed by atoms with Crippen LogP contribution in [0.3, 0.4) is 0 Å². The monoisotopic (exact) mass is 274 g/mol. The lowest BCUT2D eigenvalue weighted by atomic mass is 10.1. The van der Waals surface area contributed by atoms with E-state index in [9.17, 15) is 9.59 Å². The van der Waals surface area contributed by atoms with E-state index < -0.39 is 0 Å². The Morgan fingerprint density at radius 1 is 1.15 bits per heavy atom. The quantitative estimate of drug-likeness (QED) is 0.653. The molecule has 0 unspecified atom stereocenters. The van der Waals surface area contributed by atoms with E-state index in [1.54, 1.807) is 36.3 Å². The number of nitrogens with one attached hydrogen (secondary N) is 1. The summed E-state index contributed by atoms with van der Waals surface area (Å²) in [6.07, 6.45) is 2.67. The highest BCUT2D eigenvalue weighted by Gasteiger charge is 2.13. The van der Waals surface area contributed by atoms with E-state index in [1.165, 1.54) is 12.2 Å². The van der Waals surface area contributed by atoms with Crippen molar-refractivity contribution in [1.82, 2.24) is 10.2 Å². The summed E-state index contributed by atoms with van der Waals surface area (Å²) in [5.41, 5.74) is 0.537. The maximum Gasteiger partial charge on any atom is 0.246 e. The van der Waals surface area contributed by atoms with Crippen LogP contribution in [-0.4, -0.2) is 49.9 Å². The molecule has 5 nitrogen and oxygen atoms in total. The standard InChI is InChI=1S/C15H18N2O3/c1-20-13-4-2-12(3-5-13)14(18)6-7-15(19)17-10-8-16-9-11-17/h2-7,16H,8-11H2,1H3. The second-order valence-corrected chi connectivity index (χ2v) is 4.50. The average molecular weight is 274 g/mol. The molecular formula is C15H18N2O3. The summed E-state index contributed by atoms with van der Waals surface area (Å²) in [7, 11) is 1.57. The zero-order valence-corrected chi connectivity index (χ0v) is 11.5. The second-order valence-electron chi connectivity index (χ2n) is 4.50. The summed E-state index contributed by atoms with van der Waals surface area (Å²) in [5.74, 6) is 0.395. The van der Waals surface area contributed by atoms with Crippen LogP contribution in [0.15, 0.2) is 36.4 Å². The van der Waals surface area contributed by atoms with Gasteiger partial charge in [-0.15, -0.1) is 0 Å². The van der Waals surface area contributed by atoms with Crippen LogP contribution < -0.4 is 10.1 Å². The number of nitrogens with zero attached hydrogens (tertiary/aromatic N) is 1. The van der Waals surface area contributed by atoms with Crippen molar-refractivity contribution in [2.45, 2.75) is 0 Å². The van der Waals surface area contributed by atoms with Crippen LogP contribution in [0.2, 0.25) is 0 Å². The van der Waals surface area contributed by atoms with Crippen molar-refractivity contribution in [2.24, 2.45) is 0 Å². The Morgan fingerprint density at radius 2 is 1.80 bits per heavy atom. The lowest BCUT2D eigenvalue weighted by Gasteiger charge is -2.26. The Bertz CT molecular complexity index is 502. The Labute approximate surface area is 118 Å². The molecule has 1 aliphatic heterocycles. The van der Waals surface area contributed by atoms with Crippen molar-refractivity contribution in [3.8, 4) is 5.75 Å². The molecule has 1 fully saturated rings. The second kappa shape index (κ2) is 6.86. The molecule has 1 heterocycles. The summed E-state index contributed by atoms with van der Waals surface area (Å²) in [6, 6.07) is 6.81. The Kier molecular flexibility index (Phi) is 4.90. The van der Waals surface area contributed by atoms with E-state index in [4.69, 9.17) is 4.74 Å². The third-order valence-electron chi connectivity index (χ3n) is 3.18. The SMILES string of the molecule is COc1ccc(C(=O)C=CC(=O)N2CCNCC2)cc1. The molecule has 106 valence electrons. The van der Waals surface area contributed by atoms with Crippen LogP contribution in [0, 0.1) is 0 Å². The minimum absolute atomic E-state index is 0.117. The molecule has 0 aromatic heterocycles. The highest BCUT2D eigenvalue weighted by atomic mass is 16.5. The number of hydrogen-bond acceptors (Lipinski definition) is 4. The zero-order valence-electron chi connectivity index (χ0n) is 11.5. The summed E-state index contributed by atoms with van der Waals surface area (Å²) >= 11 is 0. The van der Waals surface area contributed by atoms with Gasteiger partial charge in [-0.2, -0.15) is 0 Å². The summed E-state index contributed by atoms with van der Waals surface area (Å²) in [5, 5.41) is 3.17. The smallest absolute Gasteiger partial charge is 0.246 e. The van der Waals surface area contributed by atoms with Crippen molar-refractivity contribution in [3.63, 3.8) is 0 Å². The molecule has 20 heavy (non-hydrogen) atoms. The maximum atomic E-state index is 11.9. The minimum atomic E-state index is -0.184. The van der Waals surface area contributed by atoms with Crippen LogP contribution in [0.4, 0.5) is 0 Å².